The third kappa shape index (κ3) is 3.93. The van der Waals surface area contributed by atoms with Gasteiger partial charge >= 0.3 is 5.97 Å². The summed E-state index contributed by atoms with van der Waals surface area (Å²) >= 11 is 0. The molecule has 0 aromatic heterocycles. The molecule has 0 saturated carbocycles. The van der Waals surface area contributed by atoms with E-state index in [4.69, 9.17) is 4.74 Å². The van der Waals surface area contributed by atoms with E-state index in [9.17, 15) is 9.59 Å². The molecular formula is C14H24N2O3. The van der Waals surface area contributed by atoms with Crippen molar-refractivity contribution in [1.82, 2.24) is 9.80 Å². The molecule has 1 amide bonds. The van der Waals surface area contributed by atoms with E-state index < -0.39 is 0 Å². The van der Waals surface area contributed by atoms with Gasteiger partial charge in [-0.1, -0.05) is 0 Å². The topological polar surface area (TPSA) is 49.9 Å². The van der Waals surface area contributed by atoms with Crippen molar-refractivity contribution < 1.29 is 14.3 Å². The zero-order valence-electron chi connectivity index (χ0n) is 11.8. The van der Waals surface area contributed by atoms with Crippen molar-refractivity contribution in [3.05, 3.63) is 0 Å². The number of carbonyl (C=O) groups is 2. The third-order valence-electron chi connectivity index (χ3n) is 4.11. The predicted octanol–water partition coefficient (Wildman–Crippen LogP) is 0.884. The number of hydrogen-bond acceptors (Lipinski definition) is 4. The Morgan fingerprint density at radius 1 is 1.11 bits per heavy atom. The molecule has 0 N–H and O–H groups in total. The number of carbonyl (C=O) groups excluding carboxylic acids is 2. The lowest BCUT2D eigenvalue weighted by Gasteiger charge is -2.33. The molecule has 2 saturated heterocycles. The molecule has 2 fully saturated rings. The van der Waals surface area contributed by atoms with Gasteiger partial charge in [-0.25, -0.2) is 0 Å². The maximum absolute atomic E-state index is 12.2. The van der Waals surface area contributed by atoms with Crippen LogP contribution in [-0.2, 0) is 14.3 Å². The van der Waals surface area contributed by atoms with Gasteiger partial charge < -0.3 is 9.64 Å². The summed E-state index contributed by atoms with van der Waals surface area (Å²) < 4.78 is 4.80. The van der Waals surface area contributed by atoms with Gasteiger partial charge in [-0.3, -0.25) is 14.5 Å². The van der Waals surface area contributed by atoms with Gasteiger partial charge in [0, 0.05) is 19.6 Å². The number of ether oxygens (including phenoxy) is 1. The highest BCUT2D eigenvalue weighted by Crippen LogP contribution is 2.18. The number of methoxy groups -OCH3 is 1. The van der Waals surface area contributed by atoms with Crippen LogP contribution in [0.5, 0.6) is 0 Å². The molecular weight excluding hydrogens is 244 g/mol. The molecule has 0 bridgehead atoms. The molecule has 2 heterocycles. The second-order valence-electron chi connectivity index (χ2n) is 5.54. The van der Waals surface area contributed by atoms with E-state index in [0.29, 0.717) is 13.1 Å². The molecule has 0 radical (unpaired) electrons. The lowest BCUT2D eigenvalue weighted by molar-refractivity contribution is -0.148. The SMILES string of the molecule is COC(=O)[C@H]1CCCN(CC(=O)N2CCCCC2)C1. The number of amides is 1. The van der Waals surface area contributed by atoms with E-state index in [-0.39, 0.29) is 17.8 Å². The van der Waals surface area contributed by atoms with Crippen molar-refractivity contribution in [3.8, 4) is 0 Å². The van der Waals surface area contributed by atoms with Gasteiger partial charge in [0.15, 0.2) is 0 Å². The van der Waals surface area contributed by atoms with Crippen LogP contribution in [0.2, 0.25) is 0 Å². The number of likely N-dealkylation sites (tertiary alicyclic amines) is 2. The quantitative estimate of drug-likeness (QED) is 0.713. The normalized spacial score (nSPS) is 25.1. The second kappa shape index (κ2) is 6.89. The van der Waals surface area contributed by atoms with Gasteiger partial charge in [0.05, 0.1) is 19.6 Å². The first-order valence-corrected chi connectivity index (χ1v) is 7.28. The van der Waals surface area contributed by atoms with E-state index in [1.165, 1.54) is 13.5 Å². The van der Waals surface area contributed by atoms with Gasteiger partial charge in [0.2, 0.25) is 5.91 Å². The van der Waals surface area contributed by atoms with Crippen molar-refractivity contribution >= 4 is 11.9 Å². The lowest BCUT2D eigenvalue weighted by Crippen LogP contribution is -2.46. The average Bonchev–Trinajstić information content (AvgIpc) is 2.47. The molecule has 5 heteroatoms. The first kappa shape index (κ1) is 14.3. The largest absolute Gasteiger partial charge is 0.469 e. The highest BCUT2D eigenvalue weighted by molar-refractivity contribution is 5.78. The third-order valence-corrected chi connectivity index (χ3v) is 4.11. The van der Waals surface area contributed by atoms with E-state index >= 15 is 0 Å². The molecule has 2 aliphatic rings. The molecule has 0 aromatic rings. The van der Waals surface area contributed by atoms with E-state index in [1.807, 2.05) is 4.90 Å². The molecule has 1 atom stereocenters. The summed E-state index contributed by atoms with van der Waals surface area (Å²) in [7, 11) is 1.43. The highest BCUT2D eigenvalue weighted by atomic mass is 16.5. The number of esters is 1. The Bertz CT molecular complexity index is 327. The van der Waals surface area contributed by atoms with Crippen LogP contribution in [0.15, 0.2) is 0 Å². The lowest BCUT2D eigenvalue weighted by atomic mass is 9.98. The number of hydrogen-bond donors (Lipinski definition) is 0. The Hall–Kier alpha value is -1.10. The molecule has 0 unspecified atom stereocenters. The zero-order valence-corrected chi connectivity index (χ0v) is 11.8. The maximum Gasteiger partial charge on any atom is 0.309 e. The standard InChI is InChI=1S/C14H24N2O3/c1-19-14(18)12-6-5-7-15(10-12)11-13(17)16-8-3-2-4-9-16/h12H,2-11H2,1H3/t12-/m0/s1. The molecule has 0 aliphatic carbocycles. The minimum Gasteiger partial charge on any atom is -0.469 e. The molecule has 108 valence electrons. The maximum atomic E-state index is 12.2. The minimum absolute atomic E-state index is 0.0621. The Balaban J connectivity index is 1.81. The smallest absolute Gasteiger partial charge is 0.309 e. The Morgan fingerprint density at radius 3 is 2.53 bits per heavy atom. The van der Waals surface area contributed by atoms with Gasteiger partial charge in [0.1, 0.15) is 0 Å². The van der Waals surface area contributed by atoms with Crippen LogP contribution in [-0.4, -0.2) is 61.5 Å². The average molecular weight is 268 g/mol. The Morgan fingerprint density at radius 2 is 1.84 bits per heavy atom. The van der Waals surface area contributed by atoms with Crippen LogP contribution in [0.4, 0.5) is 0 Å². The van der Waals surface area contributed by atoms with Crippen molar-refractivity contribution in [2.45, 2.75) is 32.1 Å². The van der Waals surface area contributed by atoms with Crippen molar-refractivity contribution in [1.29, 1.82) is 0 Å². The fourth-order valence-electron chi connectivity index (χ4n) is 2.99. The number of nitrogens with zero attached hydrogens (tertiary/aromatic N) is 2. The van der Waals surface area contributed by atoms with Gasteiger partial charge in [-0.2, -0.15) is 0 Å². The summed E-state index contributed by atoms with van der Waals surface area (Å²) in [6.07, 6.45) is 5.32. The fraction of sp³-hybridized carbons (Fsp3) is 0.857. The van der Waals surface area contributed by atoms with Gasteiger partial charge in [-0.05, 0) is 38.6 Å². The molecule has 5 nitrogen and oxygen atoms in total. The molecule has 19 heavy (non-hydrogen) atoms. The monoisotopic (exact) mass is 268 g/mol. The summed E-state index contributed by atoms with van der Waals surface area (Å²) in [5.41, 5.74) is 0. The number of piperidine rings is 2. The zero-order chi connectivity index (χ0) is 13.7. The van der Waals surface area contributed by atoms with E-state index in [0.717, 1.165) is 45.3 Å². The second-order valence-corrected chi connectivity index (χ2v) is 5.54. The molecule has 0 aromatic carbocycles. The predicted molar refractivity (Wildman–Crippen MR) is 71.6 cm³/mol. The van der Waals surface area contributed by atoms with Gasteiger partial charge in [0.25, 0.3) is 0 Å². The Kier molecular flexibility index (Phi) is 5.19. The summed E-state index contributed by atoms with van der Waals surface area (Å²) in [4.78, 5) is 27.8. The Labute approximate surface area is 114 Å². The molecule has 2 rings (SSSR count). The van der Waals surface area contributed by atoms with Crippen LogP contribution < -0.4 is 0 Å². The van der Waals surface area contributed by atoms with Crippen molar-refractivity contribution in [2.75, 3.05) is 39.8 Å². The van der Waals surface area contributed by atoms with Crippen LogP contribution in [0.1, 0.15) is 32.1 Å². The molecule has 0 spiro atoms. The first-order chi connectivity index (χ1) is 9.20. The summed E-state index contributed by atoms with van der Waals surface area (Å²) in [5.74, 6) is 0.00763. The first-order valence-electron chi connectivity index (χ1n) is 7.28. The van der Waals surface area contributed by atoms with Gasteiger partial charge in [-0.15, -0.1) is 0 Å². The molecule has 2 aliphatic heterocycles. The van der Waals surface area contributed by atoms with Crippen molar-refractivity contribution in [2.24, 2.45) is 5.92 Å². The summed E-state index contributed by atoms with van der Waals surface area (Å²) in [6, 6.07) is 0. The summed E-state index contributed by atoms with van der Waals surface area (Å²) in [5, 5.41) is 0. The fourth-order valence-corrected chi connectivity index (χ4v) is 2.99. The van der Waals surface area contributed by atoms with Crippen LogP contribution in [0.25, 0.3) is 0 Å². The van der Waals surface area contributed by atoms with Crippen LogP contribution >= 0.6 is 0 Å². The van der Waals surface area contributed by atoms with Crippen LogP contribution in [0.3, 0.4) is 0 Å². The van der Waals surface area contributed by atoms with Crippen molar-refractivity contribution in [3.63, 3.8) is 0 Å². The highest BCUT2D eigenvalue weighted by Gasteiger charge is 2.28. The number of rotatable bonds is 3. The van der Waals surface area contributed by atoms with Crippen LogP contribution in [0, 0.1) is 5.92 Å². The minimum atomic E-state index is -0.143. The van der Waals surface area contributed by atoms with E-state index in [1.54, 1.807) is 0 Å². The summed E-state index contributed by atoms with van der Waals surface area (Å²) in [6.45, 7) is 3.81. The van der Waals surface area contributed by atoms with E-state index in [2.05, 4.69) is 4.90 Å².